The first kappa shape index (κ1) is 20.9. The number of nitrogens with zero attached hydrogens (tertiary/aromatic N) is 3. The zero-order valence-corrected chi connectivity index (χ0v) is 17.1. The number of phosphoric ester groups is 1. The lowest BCUT2D eigenvalue weighted by atomic mass is 10.2. The van der Waals surface area contributed by atoms with Crippen molar-refractivity contribution in [2.24, 2.45) is 0 Å². The fourth-order valence-corrected chi connectivity index (χ4v) is 4.01. The summed E-state index contributed by atoms with van der Waals surface area (Å²) in [6.45, 7) is 6.70. The fraction of sp³-hybridized carbons (Fsp3) is 0.562. The van der Waals surface area contributed by atoms with Crippen LogP contribution in [0.4, 0.5) is 5.82 Å². The van der Waals surface area contributed by atoms with Gasteiger partial charge in [-0.05, 0) is 13.3 Å². The average Bonchev–Trinajstić information content (AvgIpc) is 2.91. The topological polar surface area (TPSA) is 111 Å². The molecule has 8 nitrogen and oxygen atoms in total. The van der Waals surface area contributed by atoms with E-state index in [1.54, 1.807) is 24.5 Å². The van der Waals surface area contributed by atoms with Gasteiger partial charge in [-0.25, -0.2) is 14.5 Å². The summed E-state index contributed by atoms with van der Waals surface area (Å²) < 4.78 is 23.8. The second-order valence-electron chi connectivity index (χ2n) is 5.93. The molecule has 144 valence electrons. The first-order valence-corrected chi connectivity index (χ1v) is 10.9. The van der Waals surface area contributed by atoms with Crippen LogP contribution < -0.4 is 10.3 Å². The maximum Gasteiger partial charge on any atom is 0.472 e. The number of aromatic nitrogens is 3. The van der Waals surface area contributed by atoms with E-state index >= 15 is 0 Å². The van der Waals surface area contributed by atoms with Crippen LogP contribution in [0.5, 0.6) is 0 Å². The molecule has 0 amide bonds. The van der Waals surface area contributed by atoms with Gasteiger partial charge in [0.05, 0.1) is 23.7 Å². The van der Waals surface area contributed by atoms with Crippen molar-refractivity contribution in [3.8, 4) is 0 Å². The molecule has 10 heteroatoms. The Balaban J connectivity index is 1.91. The number of hydrogen-bond donors (Lipinski definition) is 2. The van der Waals surface area contributed by atoms with Crippen molar-refractivity contribution in [3.05, 3.63) is 33.7 Å². The van der Waals surface area contributed by atoms with E-state index in [9.17, 15) is 9.46 Å². The molecule has 0 aliphatic heterocycles. The molecule has 2 heterocycles. The molecule has 0 bridgehead atoms. The summed E-state index contributed by atoms with van der Waals surface area (Å²) in [6.07, 6.45) is 3.89. The Morgan fingerprint density at radius 1 is 1.35 bits per heavy atom. The van der Waals surface area contributed by atoms with Crippen molar-refractivity contribution >= 4 is 25.0 Å². The lowest BCUT2D eigenvalue weighted by Gasteiger charge is -2.11. The largest absolute Gasteiger partial charge is 0.472 e. The van der Waals surface area contributed by atoms with Gasteiger partial charge in [-0.15, -0.1) is 0 Å². The van der Waals surface area contributed by atoms with Gasteiger partial charge >= 0.3 is 7.82 Å². The van der Waals surface area contributed by atoms with Crippen LogP contribution in [-0.2, 0) is 26.6 Å². The number of anilines is 1. The molecule has 1 atom stereocenters. The summed E-state index contributed by atoms with van der Waals surface area (Å²) >= 11 is 1.57. The number of unbranched alkanes of at least 4 members (excludes halogenated alkanes) is 1. The minimum absolute atomic E-state index is 0.122. The molecule has 0 spiro atoms. The Morgan fingerprint density at radius 2 is 2.08 bits per heavy atom. The molecular formula is C16H26N4O4PS+. The number of rotatable bonds is 10. The summed E-state index contributed by atoms with van der Waals surface area (Å²) in [5, 5.41) is 0. The molecule has 0 aromatic carbocycles. The first-order valence-electron chi connectivity index (χ1n) is 8.48. The molecule has 0 radical (unpaired) electrons. The summed E-state index contributed by atoms with van der Waals surface area (Å²) in [6, 6.07) is 0. The molecule has 0 saturated carbocycles. The number of nitrogens with two attached hydrogens (primary N) is 1. The predicted molar refractivity (Wildman–Crippen MR) is 99.9 cm³/mol. The van der Waals surface area contributed by atoms with Crippen molar-refractivity contribution in [1.29, 1.82) is 0 Å². The van der Waals surface area contributed by atoms with Crippen LogP contribution in [0.3, 0.4) is 0 Å². The van der Waals surface area contributed by atoms with Crippen LogP contribution in [0.2, 0.25) is 0 Å². The molecule has 2 aromatic rings. The van der Waals surface area contributed by atoms with Crippen molar-refractivity contribution in [2.75, 3.05) is 18.9 Å². The molecule has 1 unspecified atom stereocenters. The Kier molecular flexibility index (Phi) is 7.67. The molecule has 2 aromatic heterocycles. The highest BCUT2D eigenvalue weighted by Crippen LogP contribution is 2.43. The second kappa shape index (κ2) is 9.53. The SMILES string of the molecule is CCCCOP(=O)(O)OCCc1sc[n+](Cc2cnc(C)nc2N)c1C. The third kappa shape index (κ3) is 6.10. The smallest absolute Gasteiger partial charge is 0.383 e. The Morgan fingerprint density at radius 3 is 2.77 bits per heavy atom. The molecule has 0 aliphatic rings. The van der Waals surface area contributed by atoms with Crippen molar-refractivity contribution in [2.45, 2.75) is 46.6 Å². The van der Waals surface area contributed by atoms with Gasteiger partial charge in [0.1, 0.15) is 11.6 Å². The number of aryl methyl sites for hydroxylation is 1. The van der Waals surface area contributed by atoms with E-state index in [2.05, 4.69) is 14.5 Å². The molecular weight excluding hydrogens is 375 g/mol. The quantitative estimate of drug-likeness (QED) is 0.357. The number of hydrogen-bond acceptors (Lipinski definition) is 7. The molecule has 26 heavy (non-hydrogen) atoms. The Hall–Kier alpha value is -1.38. The number of thiazole rings is 1. The first-order chi connectivity index (χ1) is 12.3. The normalized spacial score (nSPS) is 13.7. The molecule has 0 aliphatic carbocycles. The van der Waals surface area contributed by atoms with Crippen LogP contribution in [0.15, 0.2) is 11.7 Å². The summed E-state index contributed by atoms with van der Waals surface area (Å²) in [7, 11) is -3.97. The van der Waals surface area contributed by atoms with Crippen LogP contribution in [0.1, 0.15) is 41.7 Å². The molecule has 0 saturated heterocycles. The minimum atomic E-state index is -3.97. The average molecular weight is 401 g/mol. The van der Waals surface area contributed by atoms with Crippen molar-refractivity contribution < 1.29 is 23.1 Å². The molecule has 0 fully saturated rings. The maximum absolute atomic E-state index is 11.8. The van der Waals surface area contributed by atoms with Crippen molar-refractivity contribution in [3.63, 3.8) is 0 Å². The van der Waals surface area contributed by atoms with E-state index in [4.69, 9.17) is 14.8 Å². The predicted octanol–water partition coefficient (Wildman–Crippen LogP) is 2.55. The highest BCUT2D eigenvalue weighted by atomic mass is 32.1. The fourth-order valence-electron chi connectivity index (χ4n) is 2.28. The van der Waals surface area contributed by atoms with E-state index in [-0.39, 0.29) is 13.2 Å². The zero-order valence-electron chi connectivity index (χ0n) is 15.3. The summed E-state index contributed by atoms with van der Waals surface area (Å²) in [4.78, 5) is 19.1. The van der Waals surface area contributed by atoms with Gasteiger partial charge in [0.25, 0.3) is 0 Å². The van der Waals surface area contributed by atoms with Gasteiger partial charge in [-0.2, -0.15) is 4.57 Å². The highest BCUT2D eigenvalue weighted by molar-refractivity contribution is 7.47. The number of phosphoric acid groups is 1. The van der Waals surface area contributed by atoms with Crippen LogP contribution >= 0.6 is 19.2 Å². The van der Waals surface area contributed by atoms with Gasteiger partial charge in [0.2, 0.25) is 5.51 Å². The van der Waals surface area contributed by atoms with Gasteiger partial charge in [0.15, 0.2) is 12.2 Å². The highest BCUT2D eigenvalue weighted by Gasteiger charge is 2.22. The standard InChI is InChI=1S/C16H25N4O4PS/c1-4-5-7-23-25(21,22)24-8-6-15-12(2)20(11-26-15)10-14-9-18-13(3)19-16(14)17/h9,11H,4-8,10H2,1-3H3,(H2-,17,18,19,21,22)/p+1. The van der Waals surface area contributed by atoms with E-state index < -0.39 is 7.82 Å². The van der Waals surface area contributed by atoms with E-state index in [1.165, 1.54) is 0 Å². The molecule has 3 N–H and O–H groups in total. The van der Waals surface area contributed by atoms with Gasteiger partial charge in [-0.1, -0.05) is 24.7 Å². The van der Waals surface area contributed by atoms with Gasteiger partial charge in [0, 0.05) is 19.5 Å². The second-order valence-corrected chi connectivity index (χ2v) is 8.32. The van der Waals surface area contributed by atoms with Crippen molar-refractivity contribution in [1.82, 2.24) is 9.97 Å². The minimum Gasteiger partial charge on any atom is -0.383 e. The molecule has 2 rings (SSSR count). The van der Waals surface area contributed by atoms with E-state index in [1.807, 2.05) is 19.4 Å². The third-order valence-corrected chi connectivity index (χ3v) is 6.01. The third-order valence-electron chi connectivity index (χ3n) is 3.85. The van der Waals surface area contributed by atoms with Crippen LogP contribution in [0.25, 0.3) is 0 Å². The Labute approximate surface area is 157 Å². The zero-order chi connectivity index (χ0) is 19.2. The number of nitrogen functional groups attached to an aromatic ring is 1. The van der Waals surface area contributed by atoms with E-state index in [0.29, 0.717) is 24.6 Å². The van der Waals surface area contributed by atoms with E-state index in [0.717, 1.165) is 29.0 Å². The van der Waals surface area contributed by atoms with Gasteiger partial charge in [-0.3, -0.25) is 9.05 Å². The summed E-state index contributed by atoms with van der Waals surface area (Å²) in [5.74, 6) is 1.12. The van der Waals surface area contributed by atoms with Crippen LogP contribution in [-0.4, -0.2) is 28.1 Å². The van der Waals surface area contributed by atoms with Crippen LogP contribution in [0, 0.1) is 13.8 Å². The summed E-state index contributed by atoms with van der Waals surface area (Å²) in [5.41, 5.74) is 9.85. The van der Waals surface area contributed by atoms with Gasteiger partial charge < -0.3 is 10.6 Å². The monoisotopic (exact) mass is 401 g/mol. The lowest BCUT2D eigenvalue weighted by Crippen LogP contribution is -2.35. The Bertz CT molecular complexity index is 784. The lowest BCUT2D eigenvalue weighted by molar-refractivity contribution is -0.689. The maximum atomic E-state index is 11.8.